The molecule has 5 nitrogen and oxygen atoms in total. The summed E-state index contributed by atoms with van der Waals surface area (Å²) in [6.07, 6.45) is 3.55. The van der Waals surface area contributed by atoms with Crippen molar-refractivity contribution in [1.29, 1.82) is 0 Å². The second-order valence-electron chi connectivity index (χ2n) is 11.2. The molecule has 0 amide bonds. The van der Waals surface area contributed by atoms with E-state index in [2.05, 4.69) is 39.9 Å². The maximum absolute atomic E-state index is 11.6. The van der Waals surface area contributed by atoms with Gasteiger partial charge in [0, 0.05) is 28.8 Å². The Morgan fingerprint density at radius 2 is 1.81 bits per heavy atom. The lowest BCUT2D eigenvalue weighted by molar-refractivity contribution is -0.0864. The second-order valence-corrected chi connectivity index (χ2v) is 15.9. The number of hydrogen-bond acceptors (Lipinski definition) is 5. The van der Waals surface area contributed by atoms with Crippen LogP contribution in [-0.2, 0) is 5.60 Å². The van der Waals surface area contributed by atoms with E-state index in [0.29, 0.717) is 11.5 Å². The number of aliphatic hydroxyl groups is 1. The van der Waals surface area contributed by atoms with Crippen LogP contribution in [0.15, 0.2) is 36.4 Å². The molecule has 3 heterocycles. The Bertz CT molecular complexity index is 1130. The minimum Gasteiger partial charge on any atom is -0.543 e. The van der Waals surface area contributed by atoms with Crippen molar-refractivity contribution in [1.82, 2.24) is 0 Å². The van der Waals surface area contributed by atoms with Crippen molar-refractivity contribution in [2.24, 2.45) is 0 Å². The normalized spacial score (nSPS) is 24.8. The van der Waals surface area contributed by atoms with Gasteiger partial charge in [-0.05, 0) is 56.3 Å². The van der Waals surface area contributed by atoms with E-state index in [9.17, 15) is 5.11 Å². The molecule has 0 saturated heterocycles. The van der Waals surface area contributed by atoms with E-state index >= 15 is 0 Å². The van der Waals surface area contributed by atoms with E-state index in [-0.39, 0.29) is 17.2 Å². The molecule has 0 fully saturated rings. The Morgan fingerprint density at radius 3 is 2.53 bits per heavy atom. The molecule has 170 valence electrons. The number of rotatable bonds is 2. The molecular weight excluding hydrogens is 420 g/mol. The van der Waals surface area contributed by atoms with Gasteiger partial charge in [0.1, 0.15) is 35.2 Å². The molecular formula is C26H32O5Si. The average molecular weight is 453 g/mol. The molecule has 0 aromatic heterocycles. The summed E-state index contributed by atoms with van der Waals surface area (Å²) < 4.78 is 24.9. The summed E-state index contributed by atoms with van der Waals surface area (Å²) in [5, 5.41) is 11.7. The van der Waals surface area contributed by atoms with Crippen molar-refractivity contribution >= 4 is 14.4 Å². The predicted molar refractivity (Wildman–Crippen MR) is 127 cm³/mol. The van der Waals surface area contributed by atoms with Crippen LogP contribution in [0, 0.1) is 0 Å². The third-order valence-electron chi connectivity index (χ3n) is 7.19. The van der Waals surface area contributed by atoms with E-state index in [1.807, 2.05) is 50.3 Å². The van der Waals surface area contributed by atoms with Gasteiger partial charge in [-0.1, -0.05) is 26.8 Å². The van der Waals surface area contributed by atoms with Crippen LogP contribution in [0.4, 0.5) is 0 Å². The highest BCUT2D eigenvalue weighted by Gasteiger charge is 2.53. The summed E-state index contributed by atoms with van der Waals surface area (Å²) in [4.78, 5) is 0. The monoisotopic (exact) mass is 452 g/mol. The van der Waals surface area contributed by atoms with Crippen molar-refractivity contribution in [3.63, 3.8) is 0 Å². The number of ether oxygens (including phenoxy) is 3. The van der Waals surface area contributed by atoms with E-state index in [4.69, 9.17) is 18.6 Å². The van der Waals surface area contributed by atoms with Crippen LogP contribution in [0.1, 0.15) is 57.4 Å². The van der Waals surface area contributed by atoms with Crippen molar-refractivity contribution in [2.75, 3.05) is 6.61 Å². The Hall–Kier alpha value is -2.44. The minimum atomic E-state index is -1.99. The molecule has 0 radical (unpaired) electrons. The maximum Gasteiger partial charge on any atom is 0.250 e. The molecule has 3 aliphatic heterocycles. The summed E-state index contributed by atoms with van der Waals surface area (Å²) in [6.45, 7) is 15.3. The lowest BCUT2D eigenvalue weighted by Crippen LogP contribution is -2.43. The van der Waals surface area contributed by atoms with Crippen LogP contribution in [0.5, 0.6) is 23.0 Å². The zero-order chi connectivity index (χ0) is 23.1. The standard InChI is InChI=1S/C26H32O5Si/c1-24(2,3)32(6,7)31-17-8-9-19-22(13-17)29-23-18-12-16-10-11-25(4,5)30-20(16)14-21(18)28-15-26(19,23)27/h8-14,23,27H,15H2,1-7H3/t23-,26+/m0/s1. The lowest BCUT2D eigenvalue weighted by Gasteiger charge is -2.36. The van der Waals surface area contributed by atoms with Gasteiger partial charge in [-0.25, -0.2) is 0 Å². The first-order valence-electron chi connectivity index (χ1n) is 11.2. The summed E-state index contributed by atoms with van der Waals surface area (Å²) in [7, 11) is -1.99. The predicted octanol–water partition coefficient (Wildman–Crippen LogP) is 5.97. The van der Waals surface area contributed by atoms with Crippen LogP contribution in [-0.4, -0.2) is 25.6 Å². The zero-order valence-electron chi connectivity index (χ0n) is 19.9. The van der Waals surface area contributed by atoms with E-state index in [1.165, 1.54) is 0 Å². The van der Waals surface area contributed by atoms with Crippen molar-refractivity contribution < 1.29 is 23.7 Å². The molecule has 32 heavy (non-hydrogen) atoms. The summed E-state index contributed by atoms with van der Waals surface area (Å²) >= 11 is 0. The van der Waals surface area contributed by atoms with Gasteiger partial charge in [-0.15, -0.1) is 0 Å². The van der Waals surface area contributed by atoms with Gasteiger partial charge in [-0.3, -0.25) is 0 Å². The Morgan fingerprint density at radius 1 is 1.06 bits per heavy atom. The molecule has 2 aromatic carbocycles. The van der Waals surface area contributed by atoms with E-state index in [1.54, 1.807) is 0 Å². The van der Waals surface area contributed by atoms with Crippen LogP contribution in [0.25, 0.3) is 6.08 Å². The van der Waals surface area contributed by atoms with Gasteiger partial charge in [0.15, 0.2) is 11.7 Å². The minimum absolute atomic E-state index is 0.0923. The molecule has 0 spiro atoms. The first-order valence-corrected chi connectivity index (χ1v) is 14.1. The molecule has 0 bridgehead atoms. The molecule has 1 N–H and O–H groups in total. The van der Waals surface area contributed by atoms with Crippen LogP contribution in [0.2, 0.25) is 18.1 Å². The number of benzene rings is 2. The van der Waals surface area contributed by atoms with Gasteiger partial charge in [0.25, 0.3) is 0 Å². The zero-order valence-corrected chi connectivity index (χ0v) is 20.9. The molecule has 0 unspecified atom stereocenters. The molecule has 3 aliphatic rings. The van der Waals surface area contributed by atoms with Crippen LogP contribution in [0.3, 0.4) is 0 Å². The topological polar surface area (TPSA) is 57.2 Å². The molecule has 2 atom stereocenters. The molecule has 0 saturated carbocycles. The Kier molecular flexibility index (Phi) is 4.38. The third kappa shape index (κ3) is 3.23. The van der Waals surface area contributed by atoms with Gasteiger partial charge in [0.05, 0.1) is 0 Å². The first kappa shape index (κ1) is 21.4. The van der Waals surface area contributed by atoms with E-state index in [0.717, 1.165) is 28.2 Å². The second kappa shape index (κ2) is 6.55. The smallest absolute Gasteiger partial charge is 0.250 e. The number of fused-ring (bicyclic) bond motifs is 6. The quantitative estimate of drug-likeness (QED) is 0.569. The summed E-state index contributed by atoms with van der Waals surface area (Å²) in [5.41, 5.74) is 0.911. The van der Waals surface area contributed by atoms with Gasteiger partial charge < -0.3 is 23.7 Å². The first-order chi connectivity index (χ1) is 14.8. The molecule has 2 aromatic rings. The average Bonchev–Trinajstić information content (AvgIpc) is 2.97. The summed E-state index contributed by atoms with van der Waals surface area (Å²) in [6, 6.07) is 9.67. The van der Waals surface area contributed by atoms with Crippen molar-refractivity contribution in [2.45, 2.75) is 70.1 Å². The van der Waals surface area contributed by atoms with Crippen molar-refractivity contribution in [3.05, 3.63) is 53.1 Å². The third-order valence-corrected chi connectivity index (χ3v) is 11.5. The van der Waals surface area contributed by atoms with Crippen LogP contribution >= 0.6 is 0 Å². The maximum atomic E-state index is 11.6. The summed E-state index contributed by atoms with van der Waals surface area (Å²) in [5.74, 6) is 2.90. The largest absolute Gasteiger partial charge is 0.543 e. The highest BCUT2D eigenvalue weighted by molar-refractivity contribution is 6.74. The van der Waals surface area contributed by atoms with Gasteiger partial charge in [0.2, 0.25) is 8.32 Å². The van der Waals surface area contributed by atoms with E-state index < -0.39 is 20.0 Å². The van der Waals surface area contributed by atoms with Gasteiger partial charge >= 0.3 is 0 Å². The highest BCUT2D eigenvalue weighted by Crippen LogP contribution is 2.55. The lowest BCUT2D eigenvalue weighted by atomic mass is 9.84. The molecule has 5 rings (SSSR count). The number of hydrogen-bond donors (Lipinski definition) is 1. The Balaban J connectivity index is 1.50. The fourth-order valence-corrected chi connectivity index (χ4v) is 5.27. The van der Waals surface area contributed by atoms with Gasteiger partial charge in [-0.2, -0.15) is 0 Å². The fraction of sp³-hybridized carbons (Fsp3) is 0.462. The van der Waals surface area contributed by atoms with Crippen LogP contribution < -0.4 is 18.6 Å². The fourth-order valence-electron chi connectivity index (χ4n) is 4.25. The Labute approximate surface area is 191 Å². The molecule has 0 aliphatic carbocycles. The molecule has 6 heteroatoms. The SMILES string of the molecule is CC1(C)C=Cc2cc3c(cc2O1)OC[C@@]1(O)c2ccc(O[Si](C)(C)C(C)(C)C)cc2O[C@@H]31. The highest BCUT2D eigenvalue weighted by atomic mass is 28.4. The van der Waals surface area contributed by atoms with Crippen molar-refractivity contribution in [3.8, 4) is 23.0 Å².